The molecule has 0 spiro atoms. The third kappa shape index (κ3) is 4.04. The lowest BCUT2D eigenvalue weighted by Crippen LogP contribution is -2.54. The zero-order chi connectivity index (χ0) is 20.6. The van der Waals surface area contributed by atoms with Crippen molar-refractivity contribution in [3.8, 4) is 0 Å². The van der Waals surface area contributed by atoms with E-state index in [0.717, 1.165) is 29.2 Å². The maximum atomic E-state index is 12.8. The smallest absolute Gasteiger partial charge is 0.298 e. The van der Waals surface area contributed by atoms with Crippen LogP contribution in [0.25, 0.3) is 6.08 Å². The van der Waals surface area contributed by atoms with Gasteiger partial charge in [0.25, 0.3) is 11.8 Å². The predicted molar refractivity (Wildman–Crippen MR) is 104 cm³/mol. The van der Waals surface area contributed by atoms with Crippen LogP contribution in [0.1, 0.15) is 11.1 Å². The van der Waals surface area contributed by atoms with Gasteiger partial charge in [-0.2, -0.15) is 13.2 Å². The highest BCUT2D eigenvalue weighted by molar-refractivity contribution is 7.80. The standard InChI is InChI=1S/C18H9Cl2F3N2O2S/c19-10-2-4-11(5-3-10)25-16(27)12(15(26)24-17(25)28)7-9-1-6-13(14(20)8-9)18(21,22)23/h1-8H,(H,24,26,28)/b12-7+. The molecule has 0 radical (unpaired) electrons. The van der Waals surface area contributed by atoms with E-state index < -0.39 is 28.6 Å². The van der Waals surface area contributed by atoms with E-state index in [2.05, 4.69) is 5.32 Å². The number of rotatable bonds is 2. The van der Waals surface area contributed by atoms with Crippen LogP contribution in [-0.2, 0) is 15.8 Å². The zero-order valence-electron chi connectivity index (χ0n) is 13.7. The molecule has 28 heavy (non-hydrogen) atoms. The highest BCUT2D eigenvalue weighted by atomic mass is 35.5. The average Bonchev–Trinajstić information content (AvgIpc) is 2.59. The van der Waals surface area contributed by atoms with Gasteiger partial charge in [-0.15, -0.1) is 0 Å². The molecule has 0 atom stereocenters. The van der Waals surface area contributed by atoms with Gasteiger partial charge in [0.15, 0.2) is 5.11 Å². The molecule has 1 aliphatic heterocycles. The molecule has 0 aromatic heterocycles. The number of carbonyl (C=O) groups is 2. The number of carbonyl (C=O) groups excluding carboxylic acids is 2. The van der Waals surface area contributed by atoms with Crippen LogP contribution in [0, 0.1) is 0 Å². The summed E-state index contributed by atoms with van der Waals surface area (Å²) in [7, 11) is 0. The Labute approximate surface area is 172 Å². The van der Waals surface area contributed by atoms with E-state index in [1.807, 2.05) is 0 Å². The minimum Gasteiger partial charge on any atom is -0.298 e. The molecule has 1 aliphatic rings. The number of alkyl halides is 3. The van der Waals surface area contributed by atoms with Crippen LogP contribution in [0.4, 0.5) is 18.9 Å². The minimum absolute atomic E-state index is 0.125. The molecule has 2 amide bonds. The number of nitrogens with zero attached hydrogens (tertiary/aromatic N) is 1. The number of nitrogens with one attached hydrogen (secondary N) is 1. The molecule has 10 heteroatoms. The Balaban J connectivity index is 1.99. The number of thiocarbonyl (C=S) groups is 1. The molecule has 0 saturated carbocycles. The fourth-order valence-electron chi connectivity index (χ4n) is 2.50. The topological polar surface area (TPSA) is 49.4 Å². The summed E-state index contributed by atoms with van der Waals surface area (Å²) in [5, 5.41) is 2.15. The number of hydrogen-bond donors (Lipinski definition) is 1. The minimum atomic E-state index is -4.61. The van der Waals surface area contributed by atoms with Crippen molar-refractivity contribution in [3.63, 3.8) is 0 Å². The molecule has 0 unspecified atom stereocenters. The number of anilines is 1. The first-order chi connectivity index (χ1) is 13.1. The van der Waals surface area contributed by atoms with Crippen LogP contribution in [0.15, 0.2) is 48.0 Å². The normalized spacial score (nSPS) is 16.5. The Hall–Kier alpha value is -2.42. The average molecular weight is 445 g/mol. The van der Waals surface area contributed by atoms with Crippen molar-refractivity contribution in [2.24, 2.45) is 0 Å². The van der Waals surface area contributed by atoms with Gasteiger partial charge in [0.05, 0.1) is 16.3 Å². The summed E-state index contributed by atoms with van der Waals surface area (Å²) in [5.74, 6) is -1.50. The van der Waals surface area contributed by atoms with Crippen LogP contribution < -0.4 is 10.2 Å². The van der Waals surface area contributed by atoms with Crippen molar-refractivity contribution in [1.82, 2.24) is 5.32 Å². The molecule has 1 saturated heterocycles. The lowest BCUT2D eigenvalue weighted by Gasteiger charge is -2.29. The van der Waals surface area contributed by atoms with Crippen LogP contribution in [-0.4, -0.2) is 16.9 Å². The molecule has 3 rings (SSSR count). The first kappa shape index (κ1) is 20.3. The lowest BCUT2D eigenvalue weighted by molar-refractivity contribution is -0.137. The van der Waals surface area contributed by atoms with Gasteiger partial charge in [0.1, 0.15) is 5.57 Å². The van der Waals surface area contributed by atoms with Crippen LogP contribution in [0.2, 0.25) is 10.0 Å². The van der Waals surface area contributed by atoms with E-state index in [1.54, 1.807) is 12.1 Å². The molecule has 1 N–H and O–H groups in total. The number of amides is 2. The summed E-state index contributed by atoms with van der Waals surface area (Å²) >= 11 is 16.6. The Kier molecular flexibility index (Phi) is 5.47. The SMILES string of the molecule is O=C1NC(=S)N(c2ccc(Cl)cc2)C(=O)/C1=C/c1ccc(C(F)(F)F)c(Cl)c1. The monoisotopic (exact) mass is 444 g/mol. The summed E-state index contributed by atoms with van der Waals surface area (Å²) in [4.78, 5) is 26.1. The van der Waals surface area contributed by atoms with Crippen molar-refractivity contribution >= 4 is 64.1 Å². The summed E-state index contributed by atoms with van der Waals surface area (Å²) in [6.45, 7) is 0. The Morgan fingerprint density at radius 2 is 1.68 bits per heavy atom. The van der Waals surface area contributed by atoms with Gasteiger partial charge in [0, 0.05) is 5.02 Å². The largest absolute Gasteiger partial charge is 0.417 e. The van der Waals surface area contributed by atoms with E-state index in [9.17, 15) is 22.8 Å². The van der Waals surface area contributed by atoms with Gasteiger partial charge < -0.3 is 0 Å². The van der Waals surface area contributed by atoms with Gasteiger partial charge in [-0.05, 0) is 60.3 Å². The highest BCUT2D eigenvalue weighted by Crippen LogP contribution is 2.35. The third-order valence-electron chi connectivity index (χ3n) is 3.80. The molecule has 0 bridgehead atoms. The summed E-state index contributed by atoms with van der Waals surface area (Å²) < 4.78 is 38.5. The second kappa shape index (κ2) is 7.54. The highest BCUT2D eigenvalue weighted by Gasteiger charge is 2.35. The number of halogens is 5. The van der Waals surface area contributed by atoms with Crippen LogP contribution >= 0.6 is 35.4 Å². The summed E-state index contributed by atoms with van der Waals surface area (Å²) in [6.07, 6.45) is -3.47. The number of benzene rings is 2. The molecule has 1 heterocycles. The van der Waals surface area contributed by atoms with Gasteiger partial charge in [-0.3, -0.25) is 19.8 Å². The summed E-state index contributed by atoms with van der Waals surface area (Å²) in [6, 6.07) is 9.08. The maximum absolute atomic E-state index is 12.8. The molecule has 144 valence electrons. The van der Waals surface area contributed by atoms with Gasteiger partial charge in [-0.1, -0.05) is 29.3 Å². The van der Waals surface area contributed by atoms with E-state index in [1.165, 1.54) is 12.1 Å². The van der Waals surface area contributed by atoms with Crippen molar-refractivity contribution < 1.29 is 22.8 Å². The molecule has 1 fully saturated rings. The van der Waals surface area contributed by atoms with Gasteiger partial charge in [0.2, 0.25) is 0 Å². The van der Waals surface area contributed by atoms with Crippen molar-refractivity contribution in [3.05, 3.63) is 69.2 Å². The Morgan fingerprint density at radius 3 is 2.25 bits per heavy atom. The first-order valence-electron chi connectivity index (χ1n) is 7.61. The van der Waals surface area contributed by atoms with Gasteiger partial charge in [-0.25, -0.2) is 0 Å². The van der Waals surface area contributed by atoms with E-state index in [4.69, 9.17) is 35.4 Å². The van der Waals surface area contributed by atoms with E-state index in [-0.39, 0.29) is 16.2 Å². The second-order valence-electron chi connectivity index (χ2n) is 5.67. The number of hydrogen-bond acceptors (Lipinski definition) is 3. The Bertz CT molecular complexity index is 1020. The van der Waals surface area contributed by atoms with Crippen molar-refractivity contribution in [1.29, 1.82) is 0 Å². The van der Waals surface area contributed by atoms with E-state index >= 15 is 0 Å². The van der Waals surface area contributed by atoms with E-state index in [0.29, 0.717) is 10.7 Å². The van der Waals surface area contributed by atoms with Crippen molar-refractivity contribution in [2.45, 2.75) is 6.18 Å². The van der Waals surface area contributed by atoms with Crippen molar-refractivity contribution in [2.75, 3.05) is 4.90 Å². The second-order valence-corrected chi connectivity index (χ2v) is 6.90. The molecular formula is C18H9Cl2F3N2O2S. The summed E-state index contributed by atoms with van der Waals surface area (Å²) in [5.41, 5.74) is -0.796. The Morgan fingerprint density at radius 1 is 1.04 bits per heavy atom. The van der Waals surface area contributed by atoms with Crippen LogP contribution in [0.3, 0.4) is 0 Å². The molecule has 0 aliphatic carbocycles. The third-order valence-corrected chi connectivity index (χ3v) is 4.65. The lowest BCUT2D eigenvalue weighted by atomic mass is 10.1. The maximum Gasteiger partial charge on any atom is 0.417 e. The first-order valence-corrected chi connectivity index (χ1v) is 8.78. The molecular weight excluding hydrogens is 436 g/mol. The molecule has 4 nitrogen and oxygen atoms in total. The quantitative estimate of drug-likeness (QED) is 0.409. The zero-order valence-corrected chi connectivity index (χ0v) is 16.0. The molecule has 2 aromatic rings. The molecule has 2 aromatic carbocycles. The fourth-order valence-corrected chi connectivity index (χ4v) is 3.20. The van der Waals surface area contributed by atoms with Crippen LogP contribution in [0.5, 0.6) is 0 Å². The van der Waals surface area contributed by atoms with Gasteiger partial charge >= 0.3 is 6.18 Å². The predicted octanol–water partition coefficient (Wildman–Crippen LogP) is 4.84. The fraction of sp³-hybridized carbons (Fsp3) is 0.0556.